The lowest BCUT2D eigenvalue weighted by molar-refractivity contribution is -0.136. The Labute approximate surface area is 185 Å². The van der Waals surface area contributed by atoms with E-state index >= 15 is 0 Å². The SMILES string of the molecule is Cc1ccc(NC(=O)C(=O)NC[C@H](c2ccc(N(C)C)cc2)N2CCN(C)CC2)cc1. The van der Waals surface area contributed by atoms with E-state index in [0.29, 0.717) is 12.2 Å². The van der Waals surface area contributed by atoms with Crippen molar-refractivity contribution in [3.63, 3.8) is 0 Å². The number of nitrogens with zero attached hydrogens (tertiary/aromatic N) is 3. The minimum atomic E-state index is -0.649. The third kappa shape index (κ3) is 6.29. The molecule has 0 radical (unpaired) electrons. The molecule has 2 aromatic rings. The molecule has 166 valence electrons. The van der Waals surface area contributed by atoms with Crippen LogP contribution in [0.5, 0.6) is 0 Å². The van der Waals surface area contributed by atoms with E-state index < -0.39 is 11.8 Å². The molecule has 2 amide bonds. The van der Waals surface area contributed by atoms with E-state index in [1.165, 1.54) is 0 Å². The molecular weight excluding hydrogens is 390 g/mol. The maximum atomic E-state index is 12.5. The summed E-state index contributed by atoms with van der Waals surface area (Å²) in [6.45, 7) is 6.15. The van der Waals surface area contributed by atoms with E-state index in [2.05, 4.69) is 56.6 Å². The van der Waals surface area contributed by atoms with Crippen molar-refractivity contribution in [1.82, 2.24) is 15.1 Å². The van der Waals surface area contributed by atoms with Gasteiger partial charge < -0.3 is 20.4 Å². The quantitative estimate of drug-likeness (QED) is 0.697. The maximum Gasteiger partial charge on any atom is 0.313 e. The van der Waals surface area contributed by atoms with Gasteiger partial charge in [-0.2, -0.15) is 0 Å². The normalized spacial score (nSPS) is 15.9. The number of anilines is 2. The summed E-state index contributed by atoms with van der Waals surface area (Å²) < 4.78 is 0. The summed E-state index contributed by atoms with van der Waals surface area (Å²) in [6.07, 6.45) is 0. The summed E-state index contributed by atoms with van der Waals surface area (Å²) in [4.78, 5) is 31.5. The topological polar surface area (TPSA) is 67.9 Å². The Morgan fingerprint density at radius 3 is 2.13 bits per heavy atom. The van der Waals surface area contributed by atoms with Gasteiger partial charge in [0.1, 0.15) is 0 Å². The third-order valence-electron chi connectivity index (χ3n) is 5.74. The van der Waals surface area contributed by atoms with E-state index in [0.717, 1.165) is 43.0 Å². The number of hydrogen-bond acceptors (Lipinski definition) is 5. The minimum absolute atomic E-state index is 0.0148. The second-order valence-corrected chi connectivity index (χ2v) is 8.37. The molecule has 0 unspecified atom stereocenters. The highest BCUT2D eigenvalue weighted by Crippen LogP contribution is 2.24. The first-order valence-electron chi connectivity index (χ1n) is 10.7. The van der Waals surface area contributed by atoms with Crippen molar-refractivity contribution in [3.8, 4) is 0 Å². The summed E-state index contributed by atoms with van der Waals surface area (Å²) >= 11 is 0. The van der Waals surface area contributed by atoms with Gasteiger partial charge in [0.15, 0.2) is 0 Å². The van der Waals surface area contributed by atoms with Crippen LogP contribution in [0.2, 0.25) is 0 Å². The number of aryl methyl sites for hydroxylation is 1. The predicted octanol–water partition coefficient (Wildman–Crippen LogP) is 2.10. The Morgan fingerprint density at radius 1 is 0.935 bits per heavy atom. The molecule has 1 saturated heterocycles. The zero-order valence-electron chi connectivity index (χ0n) is 18.9. The molecule has 0 aliphatic carbocycles. The Balaban J connectivity index is 1.66. The van der Waals surface area contributed by atoms with Crippen molar-refractivity contribution < 1.29 is 9.59 Å². The zero-order chi connectivity index (χ0) is 22.4. The summed E-state index contributed by atoms with van der Waals surface area (Å²) in [5.74, 6) is -1.27. The number of piperazine rings is 1. The zero-order valence-corrected chi connectivity index (χ0v) is 18.9. The Hall–Kier alpha value is -2.90. The minimum Gasteiger partial charge on any atom is -0.378 e. The Bertz CT molecular complexity index is 872. The second kappa shape index (κ2) is 10.4. The highest BCUT2D eigenvalue weighted by Gasteiger charge is 2.25. The number of carbonyl (C=O) groups excluding carboxylic acids is 2. The lowest BCUT2D eigenvalue weighted by atomic mass is 10.0. The Morgan fingerprint density at radius 2 is 1.55 bits per heavy atom. The molecule has 1 fully saturated rings. The van der Waals surface area contributed by atoms with Crippen LogP contribution in [0.25, 0.3) is 0 Å². The molecule has 0 saturated carbocycles. The number of likely N-dealkylation sites (N-methyl/N-ethyl adjacent to an activating group) is 1. The lowest BCUT2D eigenvalue weighted by Crippen LogP contribution is -2.49. The first-order chi connectivity index (χ1) is 14.8. The molecule has 7 nitrogen and oxygen atoms in total. The fraction of sp³-hybridized carbons (Fsp3) is 0.417. The first-order valence-corrected chi connectivity index (χ1v) is 10.7. The van der Waals surface area contributed by atoms with Gasteiger partial charge in [0.2, 0.25) is 0 Å². The average Bonchev–Trinajstić information content (AvgIpc) is 2.76. The summed E-state index contributed by atoms with van der Waals surface area (Å²) in [5, 5.41) is 5.50. The number of carbonyl (C=O) groups is 2. The fourth-order valence-corrected chi connectivity index (χ4v) is 3.68. The van der Waals surface area contributed by atoms with Gasteiger partial charge in [0.05, 0.1) is 6.04 Å². The van der Waals surface area contributed by atoms with Crippen molar-refractivity contribution in [2.24, 2.45) is 0 Å². The largest absolute Gasteiger partial charge is 0.378 e. The number of hydrogen-bond donors (Lipinski definition) is 2. The van der Waals surface area contributed by atoms with Crippen molar-refractivity contribution in [2.45, 2.75) is 13.0 Å². The predicted molar refractivity (Wildman–Crippen MR) is 125 cm³/mol. The van der Waals surface area contributed by atoms with E-state index in [1.807, 2.05) is 33.2 Å². The molecule has 0 aromatic heterocycles. The summed E-state index contributed by atoms with van der Waals surface area (Å²) in [7, 11) is 6.15. The monoisotopic (exact) mass is 423 g/mol. The first kappa shape index (κ1) is 22.8. The standard InChI is InChI=1S/C24H33N5O2/c1-18-5-9-20(10-6-18)26-24(31)23(30)25-17-22(29-15-13-28(4)14-16-29)19-7-11-21(12-8-19)27(2)3/h5-12,22H,13-17H2,1-4H3,(H,25,30)(H,26,31)/t22-/m1/s1. The van der Waals surface area contributed by atoms with Gasteiger partial charge in [-0.25, -0.2) is 0 Å². The molecule has 1 aliphatic rings. The molecule has 7 heteroatoms. The molecule has 2 aromatic carbocycles. The second-order valence-electron chi connectivity index (χ2n) is 8.37. The number of nitrogens with one attached hydrogen (secondary N) is 2. The molecular formula is C24H33N5O2. The van der Waals surface area contributed by atoms with Gasteiger partial charge in [-0.15, -0.1) is 0 Å². The van der Waals surface area contributed by atoms with Crippen LogP contribution in [0.3, 0.4) is 0 Å². The maximum absolute atomic E-state index is 12.5. The van der Waals surface area contributed by atoms with Crippen LogP contribution in [0.15, 0.2) is 48.5 Å². The van der Waals surface area contributed by atoms with Gasteiger partial charge >= 0.3 is 11.8 Å². The van der Waals surface area contributed by atoms with Crippen LogP contribution in [-0.2, 0) is 9.59 Å². The molecule has 31 heavy (non-hydrogen) atoms. The number of benzene rings is 2. The van der Waals surface area contributed by atoms with Gasteiger partial charge in [0.25, 0.3) is 0 Å². The molecule has 1 aliphatic heterocycles. The number of amides is 2. The molecule has 1 heterocycles. The third-order valence-corrected chi connectivity index (χ3v) is 5.74. The van der Waals surface area contributed by atoms with Crippen LogP contribution in [0.4, 0.5) is 11.4 Å². The Kier molecular flexibility index (Phi) is 7.65. The van der Waals surface area contributed by atoms with E-state index in [9.17, 15) is 9.59 Å². The molecule has 3 rings (SSSR count). The van der Waals surface area contributed by atoms with Crippen molar-refractivity contribution in [1.29, 1.82) is 0 Å². The average molecular weight is 424 g/mol. The van der Waals surface area contributed by atoms with Crippen molar-refractivity contribution >= 4 is 23.2 Å². The highest BCUT2D eigenvalue weighted by molar-refractivity contribution is 6.39. The molecule has 0 bridgehead atoms. The van der Waals surface area contributed by atoms with E-state index in [1.54, 1.807) is 12.1 Å². The lowest BCUT2D eigenvalue weighted by Gasteiger charge is -2.38. The van der Waals surface area contributed by atoms with Crippen LogP contribution in [0.1, 0.15) is 17.2 Å². The van der Waals surface area contributed by atoms with Gasteiger partial charge in [-0.1, -0.05) is 29.8 Å². The van der Waals surface area contributed by atoms with Crippen LogP contribution >= 0.6 is 0 Å². The highest BCUT2D eigenvalue weighted by atomic mass is 16.2. The van der Waals surface area contributed by atoms with Gasteiger partial charge in [-0.3, -0.25) is 14.5 Å². The molecule has 2 N–H and O–H groups in total. The summed E-state index contributed by atoms with van der Waals surface area (Å²) in [5.41, 5.74) is 3.97. The van der Waals surface area contributed by atoms with Crippen molar-refractivity contribution in [3.05, 3.63) is 59.7 Å². The molecule has 0 spiro atoms. The van der Waals surface area contributed by atoms with E-state index in [4.69, 9.17) is 0 Å². The van der Waals surface area contributed by atoms with Crippen LogP contribution < -0.4 is 15.5 Å². The van der Waals surface area contributed by atoms with Gasteiger partial charge in [0, 0.05) is 58.2 Å². The van der Waals surface area contributed by atoms with E-state index in [-0.39, 0.29) is 6.04 Å². The summed E-state index contributed by atoms with van der Waals surface area (Å²) in [6, 6.07) is 15.8. The smallest absolute Gasteiger partial charge is 0.313 e. The fourth-order valence-electron chi connectivity index (χ4n) is 3.68. The van der Waals surface area contributed by atoms with Gasteiger partial charge in [-0.05, 0) is 43.8 Å². The van der Waals surface area contributed by atoms with Crippen LogP contribution in [-0.4, -0.2) is 75.5 Å². The molecule has 1 atom stereocenters. The van der Waals surface area contributed by atoms with Crippen LogP contribution in [0, 0.1) is 6.92 Å². The number of rotatable bonds is 6. The van der Waals surface area contributed by atoms with Crippen molar-refractivity contribution in [2.75, 3.05) is 64.1 Å².